The maximum Gasteiger partial charge on any atom is 0.328 e. The van der Waals surface area contributed by atoms with Gasteiger partial charge in [0.2, 0.25) is 0 Å². The van der Waals surface area contributed by atoms with Crippen LogP contribution in [0.15, 0.2) is 84.0 Å². The first-order chi connectivity index (χ1) is 15.9. The summed E-state index contributed by atoms with van der Waals surface area (Å²) >= 11 is 1.27. The molecule has 1 amide bonds. The highest BCUT2D eigenvalue weighted by Crippen LogP contribution is 2.31. The maximum atomic E-state index is 13.3. The van der Waals surface area contributed by atoms with Crippen LogP contribution in [-0.4, -0.2) is 48.1 Å². The lowest BCUT2D eigenvalue weighted by molar-refractivity contribution is -0.142. The van der Waals surface area contributed by atoms with Gasteiger partial charge in [-0.3, -0.25) is 14.8 Å². The summed E-state index contributed by atoms with van der Waals surface area (Å²) in [6.07, 6.45) is 4.88. The van der Waals surface area contributed by atoms with Gasteiger partial charge < -0.3 is 5.11 Å². The fourth-order valence-corrected chi connectivity index (χ4v) is 7.49. The average Bonchev–Trinajstić information content (AvgIpc) is 2.84. The molecule has 0 saturated heterocycles. The molecule has 3 atom stereocenters. The van der Waals surface area contributed by atoms with Gasteiger partial charge in [0.25, 0.3) is 5.91 Å². The molecule has 0 radical (unpaired) electrons. The summed E-state index contributed by atoms with van der Waals surface area (Å²) in [7, 11) is -0.374. The third kappa shape index (κ3) is 6.44. The zero-order chi connectivity index (χ0) is 23.8. The SMILES string of the molecule is CSC(C[C@@H](C(=O)O)N(N)C(=O)c1ccccc1-c1ccccc1)S(=O)Sc1cccnc1. The van der Waals surface area contributed by atoms with Crippen LogP contribution in [-0.2, 0) is 14.6 Å². The third-order valence-electron chi connectivity index (χ3n) is 4.80. The predicted molar refractivity (Wildman–Crippen MR) is 134 cm³/mol. The van der Waals surface area contributed by atoms with Crippen molar-refractivity contribution in [2.24, 2.45) is 5.84 Å². The first-order valence-electron chi connectivity index (χ1n) is 9.89. The standard InChI is InChI=1S/C23H23N3O4S3/c1-31-21(33(30)32-17-10-7-13-25-15-17)14-20(23(28)29)26(24)22(27)19-12-6-5-11-18(19)16-8-3-2-4-9-16/h2-13,15,20-21H,14,24H2,1H3,(H,28,29)/t20-,21?,33?/m0/s1. The van der Waals surface area contributed by atoms with Gasteiger partial charge in [0.15, 0.2) is 0 Å². The monoisotopic (exact) mass is 501 g/mol. The van der Waals surface area contributed by atoms with E-state index in [-0.39, 0.29) is 6.42 Å². The summed E-state index contributed by atoms with van der Waals surface area (Å²) in [4.78, 5) is 30.0. The summed E-state index contributed by atoms with van der Waals surface area (Å²) in [5.74, 6) is 4.20. The normalized spacial score (nSPS) is 13.6. The number of aliphatic carboxylic acids is 1. The molecule has 0 aliphatic carbocycles. The van der Waals surface area contributed by atoms with Crippen LogP contribution >= 0.6 is 22.6 Å². The fourth-order valence-electron chi connectivity index (χ4n) is 3.13. The molecule has 0 spiro atoms. The van der Waals surface area contributed by atoms with Crippen LogP contribution in [0.4, 0.5) is 0 Å². The lowest BCUT2D eigenvalue weighted by Gasteiger charge is -2.27. The lowest BCUT2D eigenvalue weighted by atomic mass is 9.98. The quantitative estimate of drug-likeness (QED) is 0.185. The van der Waals surface area contributed by atoms with Gasteiger partial charge in [0, 0.05) is 29.3 Å². The number of carboxylic acids is 1. The van der Waals surface area contributed by atoms with Gasteiger partial charge in [-0.15, -0.1) is 11.8 Å². The van der Waals surface area contributed by atoms with Gasteiger partial charge >= 0.3 is 5.97 Å². The second-order valence-corrected chi connectivity index (χ2v) is 11.5. The van der Waals surface area contributed by atoms with E-state index in [9.17, 15) is 18.9 Å². The van der Waals surface area contributed by atoms with E-state index in [1.54, 1.807) is 55.0 Å². The Bertz CT molecular complexity index is 1120. The number of hydrogen-bond acceptors (Lipinski definition) is 7. The van der Waals surface area contributed by atoms with E-state index in [1.165, 1.54) is 11.8 Å². The van der Waals surface area contributed by atoms with E-state index in [2.05, 4.69) is 4.98 Å². The predicted octanol–water partition coefficient (Wildman–Crippen LogP) is 4.05. The summed E-state index contributed by atoms with van der Waals surface area (Å²) < 4.78 is 12.3. The molecule has 33 heavy (non-hydrogen) atoms. The van der Waals surface area contributed by atoms with Gasteiger partial charge in [-0.05, 0) is 46.4 Å². The molecule has 172 valence electrons. The van der Waals surface area contributed by atoms with Crippen molar-refractivity contribution >= 4 is 44.3 Å². The third-order valence-corrected chi connectivity index (χ3v) is 9.98. The molecule has 3 aromatic rings. The zero-order valence-electron chi connectivity index (χ0n) is 17.7. The van der Waals surface area contributed by atoms with E-state index in [1.807, 2.05) is 30.3 Å². The fraction of sp³-hybridized carbons (Fsp3) is 0.174. The molecule has 1 heterocycles. The highest BCUT2D eigenvalue weighted by molar-refractivity contribution is 8.70. The lowest BCUT2D eigenvalue weighted by Crippen LogP contribution is -2.51. The molecule has 0 aliphatic heterocycles. The molecule has 1 aromatic heterocycles. The summed E-state index contributed by atoms with van der Waals surface area (Å²) in [6, 6.07) is 18.4. The number of amides is 1. The number of aromatic nitrogens is 1. The number of nitrogens with two attached hydrogens (primary N) is 1. The first kappa shape index (κ1) is 25.0. The van der Waals surface area contributed by atoms with E-state index in [0.717, 1.165) is 21.4 Å². The van der Waals surface area contributed by atoms with Crippen molar-refractivity contribution in [3.63, 3.8) is 0 Å². The van der Waals surface area contributed by atoms with Crippen LogP contribution in [0.5, 0.6) is 0 Å². The van der Waals surface area contributed by atoms with Gasteiger partial charge in [-0.25, -0.2) is 14.8 Å². The Balaban J connectivity index is 1.81. The van der Waals surface area contributed by atoms with Crippen LogP contribution in [0.2, 0.25) is 0 Å². The Labute approximate surface area is 202 Å². The zero-order valence-corrected chi connectivity index (χ0v) is 20.2. The van der Waals surface area contributed by atoms with Crippen molar-refractivity contribution in [3.05, 3.63) is 84.7 Å². The van der Waals surface area contributed by atoms with Crippen LogP contribution in [0.25, 0.3) is 11.1 Å². The molecule has 0 fully saturated rings. The molecule has 2 unspecified atom stereocenters. The average molecular weight is 502 g/mol. The smallest absolute Gasteiger partial charge is 0.328 e. The summed E-state index contributed by atoms with van der Waals surface area (Å²) in [5.41, 5.74) is 1.77. The van der Waals surface area contributed by atoms with Crippen molar-refractivity contribution in [1.82, 2.24) is 9.99 Å². The summed E-state index contributed by atoms with van der Waals surface area (Å²) in [5, 5.41) is 10.6. The number of carbonyl (C=O) groups excluding carboxylic acids is 1. The molecular formula is C23H23N3O4S3. The van der Waals surface area contributed by atoms with E-state index < -0.39 is 32.3 Å². The van der Waals surface area contributed by atoms with E-state index >= 15 is 0 Å². The molecule has 7 nitrogen and oxygen atoms in total. The minimum Gasteiger partial charge on any atom is -0.480 e. The van der Waals surface area contributed by atoms with Gasteiger partial charge in [0.05, 0.1) is 14.4 Å². The number of hydrogen-bond donors (Lipinski definition) is 2. The Kier molecular flexibility index (Phi) is 9.07. The van der Waals surface area contributed by atoms with Gasteiger partial charge in [-0.2, -0.15) is 0 Å². The van der Waals surface area contributed by atoms with Crippen LogP contribution in [0.1, 0.15) is 16.8 Å². The summed E-state index contributed by atoms with van der Waals surface area (Å²) in [6.45, 7) is 0. The van der Waals surface area contributed by atoms with Crippen molar-refractivity contribution in [2.45, 2.75) is 21.9 Å². The van der Waals surface area contributed by atoms with Crippen molar-refractivity contribution < 1.29 is 18.9 Å². The Morgan fingerprint density at radius 2 is 1.79 bits per heavy atom. The largest absolute Gasteiger partial charge is 0.480 e. The second-order valence-electron chi connectivity index (χ2n) is 6.91. The molecule has 3 rings (SSSR count). The number of carboxylic acid groups (broad SMARTS) is 1. The minimum absolute atomic E-state index is 0.0773. The second kappa shape index (κ2) is 12.0. The van der Waals surface area contributed by atoms with Gasteiger partial charge in [0.1, 0.15) is 6.04 Å². The van der Waals surface area contributed by atoms with Gasteiger partial charge in [-0.1, -0.05) is 48.5 Å². The number of benzene rings is 2. The number of hydrazine groups is 1. The number of carbonyl (C=O) groups is 2. The maximum absolute atomic E-state index is 13.3. The molecule has 2 aromatic carbocycles. The molecule has 0 saturated carbocycles. The number of nitrogens with zero attached hydrogens (tertiary/aromatic N) is 2. The van der Waals surface area contributed by atoms with E-state index in [0.29, 0.717) is 16.0 Å². The number of thioether (sulfide) groups is 1. The minimum atomic E-state index is -1.47. The molecule has 3 N–H and O–H groups in total. The Morgan fingerprint density at radius 3 is 2.42 bits per heavy atom. The molecular weight excluding hydrogens is 478 g/mol. The van der Waals surface area contributed by atoms with Crippen LogP contribution in [0, 0.1) is 0 Å². The highest BCUT2D eigenvalue weighted by Gasteiger charge is 2.34. The topological polar surface area (TPSA) is 114 Å². The number of pyridine rings is 1. The first-order valence-corrected chi connectivity index (χ1v) is 13.7. The van der Waals surface area contributed by atoms with Crippen molar-refractivity contribution in [1.29, 1.82) is 0 Å². The number of rotatable bonds is 10. The highest BCUT2D eigenvalue weighted by atomic mass is 33.1. The van der Waals surface area contributed by atoms with Crippen molar-refractivity contribution in [2.75, 3.05) is 6.26 Å². The van der Waals surface area contributed by atoms with Crippen LogP contribution in [0.3, 0.4) is 0 Å². The molecule has 0 bridgehead atoms. The van der Waals surface area contributed by atoms with Crippen LogP contribution < -0.4 is 5.84 Å². The van der Waals surface area contributed by atoms with Crippen molar-refractivity contribution in [3.8, 4) is 11.1 Å². The molecule has 0 aliphatic rings. The Morgan fingerprint density at radius 1 is 1.09 bits per heavy atom. The van der Waals surface area contributed by atoms with E-state index in [4.69, 9.17) is 5.84 Å². The Hall–Kier alpha value is -2.66. The molecule has 10 heteroatoms.